The molecule has 1 N–H and O–H groups in total. The van der Waals surface area contributed by atoms with Gasteiger partial charge in [-0.3, -0.25) is 9.59 Å². The quantitative estimate of drug-likeness (QED) is 0.913. The average Bonchev–Trinajstić information content (AvgIpc) is 2.95. The normalized spacial score (nSPS) is 10.7. The fourth-order valence-corrected chi connectivity index (χ4v) is 2.82. The van der Waals surface area contributed by atoms with Crippen LogP contribution in [0.15, 0.2) is 29.6 Å². The summed E-state index contributed by atoms with van der Waals surface area (Å²) in [7, 11) is 1.71. The van der Waals surface area contributed by atoms with Crippen molar-refractivity contribution in [2.24, 2.45) is 0 Å². The molecular weight excluding hydrogens is 310 g/mol. The Hall–Kier alpha value is -2.21. The summed E-state index contributed by atoms with van der Waals surface area (Å²) in [4.78, 5) is 29.4. The number of carbonyl (C=O) groups is 2. The monoisotopic (exact) mass is 331 g/mol. The Morgan fingerprint density at radius 2 is 1.91 bits per heavy atom. The lowest BCUT2D eigenvalue weighted by Crippen LogP contribution is -2.22. The molecule has 2 rings (SSSR count). The Labute approximate surface area is 140 Å². The van der Waals surface area contributed by atoms with Crippen LogP contribution < -0.4 is 10.2 Å². The van der Waals surface area contributed by atoms with Crippen molar-refractivity contribution in [3.8, 4) is 0 Å². The first-order chi connectivity index (χ1) is 10.9. The van der Waals surface area contributed by atoms with Crippen LogP contribution in [0.4, 0.5) is 11.4 Å². The lowest BCUT2D eigenvalue weighted by Gasteiger charge is -2.15. The highest BCUT2D eigenvalue weighted by Gasteiger charge is 2.10. The van der Waals surface area contributed by atoms with Gasteiger partial charge in [-0.05, 0) is 24.3 Å². The van der Waals surface area contributed by atoms with Crippen LogP contribution in [0.1, 0.15) is 37.4 Å². The van der Waals surface area contributed by atoms with Gasteiger partial charge < -0.3 is 10.2 Å². The maximum atomic E-state index is 12.1. The fraction of sp³-hybridized carbons (Fsp3) is 0.353. The van der Waals surface area contributed by atoms with Gasteiger partial charge >= 0.3 is 0 Å². The lowest BCUT2D eigenvalue weighted by atomic mass is 10.2. The molecule has 5 nitrogen and oxygen atoms in total. The van der Waals surface area contributed by atoms with E-state index in [-0.39, 0.29) is 18.2 Å². The van der Waals surface area contributed by atoms with Crippen LogP contribution in [0.25, 0.3) is 0 Å². The van der Waals surface area contributed by atoms with Gasteiger partial charge in [0, 0.05) is 36.6 Å². The number of hydrogen-bond acceptors (Lipinski definition) is 4. The molecular formula is C17H21N3O2S. The van der Waals surface area contributed by atoms with Crippen LogP contribution in [0.5, 0.6) is 0 Å². The molecule has 122 valence electrons. The second kappa shape index (κ2) is 7.37. The predicted octanol–water partition coefficient (Wildman–Crippen LogP) is 3.43. The van der Waals surface area contributed by atoms with E-state index in [2.05, 4.69) is 24.1 Å². The van der Waals surface area contributed by atoms with Crippen molar-refractivity contribution in [3.05, 3.63) is 40.3 Å². The van der Waals surface area contributed by atoms with Gasteiger partial charge in [-0.1, -0.05) is 13.8 Å². The lowest BCUT2D eigenvalue weighted by molar-refractivity contribution is -0.116. The number of rotatable bonds is 5. The molecule has 0 fully saturated rings. The molecule has 0 spiro atoms. The molecule has 0 saturated carbocycles. The molecule has 0 aliphatic rings. The van der Waals surface area contributed by atoms with Gasteiger partial charge in [0.1, 0.15) is 0 Å². The Balaban J connectivity index is 1.95. The number of nitrogens with one attached hydrogen (secondary N) is 1. The Morgan fingerprint density at radius 1 is 1.26 bits per heavy atom. The van der Waals surface area contributed by atoms with E-state index >= 15 is 0 Å². The SMILES string of the molecule is CC(=O)N(C)c1ccc(NC(=O)Cc2csc(C(C)C)n2)cc1. The van der Waals surface area contributed by atoms with Gasteiger partial charge in [0.05, 0.1) is 17.1 Å². The number of thiazole rings is 1. The molecule has 23 heavy (non-hydrogen) atoms. The van der Waals surface area contributed by atoms with E-state index < -0.39 is 0 Å². The molecule has 0 atom stereocenters. The van der Waals surface area contributed by atoms with E-state index in [1.165, 1.54) is 6.92 Å². The smallest absolute Gasteiger partial charge is 0.230 e. The minimum Gasteiger partial charge on any atom is -0.326 e. The Kier molecular flexibility index (Phi) is 5.50. The van der Waals surface area contributed by atoms with Crippen molar-refractivity contribution in [1.29, 1.82) is 0 Å². The van der Waals surface area contributed by atoms with Gasteiger partial charge in [0.2, 0.25) is 11.8 Å². The minimum absolute atomic E-state index is 0.0359. The summed E-state index contributed by atoms with van der Waals surface area (Å²) in [6.45, 7) is 5.68. The number of hydrogen-bond donors (Lipinski definition) is 1. The van der Waals surface area contributed by atoms with Gasteiger partial charge in [-0.25, -0.2) is 4.98 Å². The Bertz CT molecular complexity index is 692. The van der Waals surface area contributed by atoms with Crippen molar-refractivity contribution in [2.75, 3.05) is 17.3 Å². The van der Waals surface area contributed by atoms with E-state index in [1.54, 1.807) is 47.5 Å². The highest BCUT2D eigenvalue weighted by atomic mass is 32.1. The van der Waals surface area contributed by atoms with E-state index in [4.69, 9.17) is 0 Å². The summed E-state index contributed by atoms with van der Waals surface area (Å²) in [5.41, 5.74) is 2.29. The molecule has 6 heteroatoms. The molecule has 0 aliphatic heterocycles. The van der Waals surface area contributed by atoms with Gasteiger partial charge in [-0.2, -0.15) is 0 Å². The van der Waals surface area contributed by atoms with Gasteiger partial charge in [0.25, 0.3) is 0 Å². The third-order valence-electron chi connectivity index (χ3n) is 3.42. The zero-order valence-corrected chi connectivity index (χ0v) is 14.6. The molecule has 0 saturated heterocycles. The molecule has 0 aliphatic carbocycles. The second-order valence-electron chi connectivity index (χ2n) is 5.68. The van der Waals surface area contributed by atoms with E-state index in [0.29, 0.717) is 11.6 Å². The average molecular weight is 331 g/mol. The maximum Gasteiger partial charge on any atom is 0.230 e. The second-order valence-corrected chi connectivity index (χ2v) is 6.57. The van der Waals surface area contributed by atoms with Gasteiger partial charge in [-0.15, -0.1) is 11.3 Å². The zero-order chi connectivity index (χ0) is 17.0. The number of nitrogens with zero attached hydrogens (tertiary/aromatic N) is 2. The molecule has 2 aromatic rings. The summed E-state index contributed by atoms with van der Waals surface area (Å²) < 4.78 is 0. The molecule has 1 heterocycles. The number of aromatic nitrogens is 1. The van der Waals surface area contributed by atoms with Crippen LogP contribution in [0, 0.1) is 0 Å². The predicted molar refractivity (Wildman–Crippen MR) is 94.1 cm³/mol. The minimum atomic E-state index is -0.0988. The highest BCUT2D eigenvalue weighted by molar-refractivity contribution is 7.09. The first-order valence-electron chi connectivity index (χ1n) is 7.45. The van der Waals surface area contributed by atoms with Crippen LogP contribution in [0.2, 0.25) is 0 Å². The van der Waals surface area contributed by atoms with E-state index in [1.807, 2.05) is 5.38 Å². The largest absolute Gasteiger partial charge is 0.326 e. The number of anilines is 2. The topological polar surface area (TPSA) is 62.3 Å². The third-order valence-corrected chi connectivity index (χ3v) is 4.61. The molecule has 0 bridgehead atoms. The van der Waals surface area contributed by atoms with Crippen molar-refractivity contribution >= 4 is 34.5 Å². The number of benzene rings is 1. The van der Waals surface area contributed by atoms with Crippen LogP contribution in [-0.2, 0) is 16.0 Å². The first-order valence-corrected chi connectivity index (χ1v) is 8.33. The summed E-state index contributed by atoms with van der Waals surface area (Å²) in [6.07, 6.45) is 0.262. The maximum absolute atomic E-state index is 12.1. The molecule has 0 unspecified atom stereocenters. The third kappa shape index (κ3) is 4.63. The fourth-order valence-electron chi connectivity index (χ4n) is 1.99. The summed E-state index contributed by atoms with van der Waals surface area (Å²) in [5, 5.41) is 5.82. The van der Waals surface area contributed by atoms with Crippen molar-refractivity contribution in [3.63, 3.8) is 0 Å². The Morgan fingerprint density at radius 3 is 2.43 bits per heavy atom. The standard InChI is InChI=1S/C17H21N3O2S/c1-11(2)17-19-14(10-23-17)9-16(22)18-13-5-7-15(8-6-13)20(4)12(3)21/h5-8,10-11H,9H2,1-4H3,(H,18,22). The summed E-state index contributed by atoms with van der Waals surface area (Å²) in [5.74, 6) is 0.243. The van der Waals surface area contributed by atoms with Crippen LogP contribution in [-0.4, -0.2) is 23.8 Å². The van der Waals surface area contributed by atoms with Crippen LogP contribution in [0.3, 0.4) is 0 Å². The van der Waals surface area contributed by atoms with Gasteiger partial charge in [0.15, 0.2) is 0 Å². The number of amides is 2. The molecule has 1 aromatic carbocycles. The number of carbonyl (C=O) groups excluding carboxylic acids is 2. The summed E-state index contributed by atoms with van der Waals surface area (Å²) in [6, 6.07) is 7.17. The zero-order valence-electron chi connectivity index (χ0n) is 13.8. The van der Waals surface area contributed by atoms with E-state index in [0.717, 1.165) is 16.4 Å². The van der Waals surface area contributed by atoms with Crippen molar-refractivity contribution in [2.45, 2.75) is 33.1 Å². The summed E-state index contributed by atoms with van der Waals surface area (Å²) >= 11 is 1.59. The first kappa shape index (κ1) is 17.1. The van der Waals surface area contributed by atoms with E-state index in [9.17, 15) is 9.59 Å². The highest BCUT2D eigenvalue weighted by Crippen LogP contribution is 2.20. The van der Waals surface area contributed by atoms with Crippen molar-refractivity contribution < 1.29 is 9.59 Å². The van der Waals surface area contributed by atoms with Crippen molar-refractivity contribution in [1.82, 2.24) is 4.98 Å². The molecule has 0 radical (unpaired) electrons. The van der Waals surface area contributed by atoms with Crippen LogP contribution >= 0.6 is 11.3 Å². The molecule has 2 amide bonds. The molecule has 1 aromatic heterocycles.